The van der Waals surface area contributed by atoms with Crippen molar-refractivity contribution in [1.29, 1.82) is 0 Å². The molecule has 0 amide bonds. The molecule has 0 fully saturated rings. The number of hydrogen-bond acceptors (Lipinski definition) is 8. The third-order valence-electron chi connectivity index (χ3n) is 8.67. The van der Waals surface area contributed by atoms with E-state index in [9.17, 15) is 19.0 Å². The fraction of sp³-hybridized carbons (Fsp3) is 0.592. The van der Waals surface area contributed by atoms with Gasteiger partial charge in [0.1, 0.15) is 19.8 Å². The average Bonchev–Trinajstić information content (AvgIpc) is 3.19. The van der Waals surface area contributed by atoms with E-state index >= 15 is 0 Å². The first-order valence-corrected chi connectivity index (χ1v) is 23.6. The summed E-state index contributed by atoms with van der Waals surface area (Å²) in [6.07, 6.45) is 54.2. The Morgan fingerprint density at radius 3 is 1.59 bits per heavy atom. The van der Waals surface area contributed by atoms with Crippen LogP contribution in [0.15, 0.2) is 109 Å². The Labute approximate surface area is 359 Å². The molecular formula is C49H80NO8P. The van der Waals surface area contributed by atoms with E-state index in [0.29, 0.717) is 30.3 Å². The maximum Gasteiger partial charge on any atom is 0.306 e. The van der Waals surface area contributed by atoms with Crippen LogP contribution < -0.4 is 4.89 Å². The lowest BCUT2D eigenvalue weighted by atomic mass is 10.1. The minimum Gasteiger partial charge on any atom is -0.756 e. The molecule has 0 aromatic carbocycles. The molecule has 9 nitrogen and oxygen atoms in total. The van der Waals surface area contributed by atoms with Gasteiger partial charge in [-0.25, -0.2) is 0 Å². The van der Waals surface area contributed by atoms with E-state index in [4.69, 9.17) is 18.5 Å². The van der Waals surface area contributed by atoms with Gasteiger partial charge in [-0.15, -0.1) is 0 Å². The molecule has 0 aromatic rings. The number of phosphoric ester groups is 1. The molecule has 59 heavy (non-hydrogen) atoms. The quantitative estimate of drug-likeness (QED) is 0.0151. The molecule has 2 atom stereocenters. The van der Waals surface area contributed by atoms with E-state index in [0.717, 1.165) is 57.8 Å². The summed E-state index contributed by atoms with van der Waals surface area (Å²) in [5.41, 5.74) is 0. The van der Waals surface area contributed by atoms with Crippen LogP contribution in [-0.4, -0.2) is 70.0 Å². The third-order valence-corrected chi connectivity index (χ3v) is 9.63. The number of phosphoric acid groups is 1. The highest BCUT2D eigenvalue weighted by molar-refractivity contribution is 7.45. The highest BCUT2D eigenvalue weighted by Gasteiger charge is 2.21. The molecule has 0 bridgehead atoms. The minimum atomic E-state index is -4.65. The van der Waals surface area contributed by atoms with Crippen LogP contribution in [0.4, 0.5) is 0 Å². The maximum atomic E-state index is 12.6. The zero-order valence-electron chi connectivity index (χ0n) is 37.4. The van der Waals surface area contributed by atoms with E-state index in [2.05, 4.69) is 68.5 Å². The molecule has 0 aromatic heterocycles. The van der Waals surface area contributed by atoms with Gasteiger partial charge in [0.05, 0.1) is 27.7 Å². The van der Waals surface area contributed by atoms with Crippen LogP contribution in [0, 0.1) is 0 Å². The molecule has 0 N–H and O–H groups in total. The van der Waals surface area contributed by atoms with Gasteiger partial charge < -0.3 is 27.9 Å². The first-order valence-electron chi connectivity index (χ1n) is 22.2. The Morgan fingerprint density at radius 1 is 0.542 bits per heavy atom. The molecule has 10 heteroatoms. The fourth-order valence-electron chi connectivity index (χ4n) is 5.26. The summed E-state index contributed by atoms with van der Waals surface area (Å²) in [6, 6.07) is 0. The summed E-state index contributed by atoms with van der Waals surface area (Å²) in [5.74, 6) is -0.941. The summed E-state index contributed by atoms with van der Waals surface area (Å²) in [5, 5.41) is 0. The molecule has 334 valence electrons. The maximum absolute atomic E-state index is 12.6. The van der Waals surface area contributed by atoms with Crippen LogP contribution in [0.25, 0.3) is 0 Å². The molecular weight excluding hydrogens is 762 g/mol. The second-order valence-corrected chi connectivity index (χ2v) is 16.8. The highest BCUT2D eigenvalue weighted by Crippen LogP contribution is 2.38. The number of unbranched alkanes of at least 4 members (excludes halogenated alkanes) is 10. The zero-order valence-corrected chi connectivity index (χ0v) is 38.3. The number of rotatable bonds is 38. The van der Waals surface area contributed by atoms with Crippen molar-refractivity contribution in [3.05, 3.63) is 109 Å². The summed E-state index contributed by atoms with van der Waals surface area (Å²) in [7, 11) is 1.09. The minimum absolute atomic E-state index is 0.0519. The monoisotopic (exact) mass is 842 g/mol. The average molecular weight is 842 g/mol. The first kappa shape index (κ1) is 55.7. The lowest BCUT2D eigenvalue weighted by molar-refractivity contribution is -0.870. The first-order chi connectivity index (χ1) is 28.5. The van der Waals surface area contributed by atoms with Crippen LogP contribution in [-0.2, 0) is 32.7 Å². The Bertz CT molecular complexity index is 1370. The number of ether oxygens (including phenoxy) is 2. The van der Waals surface area contributed by atoms with Gasteiger partial charge >= 0.3 is 11.9 Å². The van der Waals surface area contributed by atoms with Crippen molar-refractivity contribution < 1.29 is 42.1 Å². The van der Waals surface area contributed by atoms with E-state index in [1.54, 1.807) is 0 Å². The topological polar surface area (TPSA) is 111 Å². The van der Waals surface area contributed by atoms with Crippen LogP contribution >= 0.6 is 7.82 Å². The van der Waals surface area contributed by atoms with Crippen molar-refractivity contribution in [2.75, 3.05) is 47.5 Å². The molecule has 0 aliphatic carbocycles. The van der Waals surface area contributed by atoms with Gasteiger partial charge in [-0.1, -0.05) is 168 Å². The number of hydrogen-bond donors (Lipinski definition) is 0. The molecule has 0 spiro atoms. The summed E-state index contributed by atoms with van der Waals surface area (Å²) < 4.78 is 33.8. The summed E-state index contributed by atoms with van der Waals surface area (Å²) in [4.78, 5) is 37.5. The van der Waals surface area contributed by atoms with Crippen molar-refractivity contribution in [3.63, 3.8) is 0 Å². The second kappa shape index (κ2) is 40.1. The van der Waals surface area contributed by atoms with Crippen molar-refractivity contribution >= 4 is 19.8 Å². The molecule has 0 rings (SSSR count). The number of quaternary nitrogens is 1. The van der Waals surface area contributed by atoms with Crippen molar-refractivity contribution in [3.8, 4) is 0 Å². The zero-order chi connectivity index (χ0) is 43.6. The third kappa shape index (κ3) is 44.1. The Morgan fingerprint density at radius 2 is 1.02 bits per heavy atom. The van der Waals surface area contributed by atoms with Crippen LogP contribution in [0.2, 0.25) is 0 Å². The predicted octanol–water partition coefficient (Wildman–Crippen LogP) is 12.1. The van der Waals surface area contributed by atoms with E-state index in [1.165, 1.54) is 32.1 Å². The number of esters is 2. The van der Waals surface area contributed by atoms with Crippen LogP contribution in [0.5, 0.6) is 0 Å². The van der Waals surface area contributed by atoms with Gasteiger partial charge in [0.25, 0.3) is 7.82 Å². The number of nitrogens with zero attached hydrogens (tertiary/aromatic N) is 1. The van der Waals surface area contributed by atoms with Gasteiger partial charge in [-0.2, -0.15) is 0 Å². The number of likely N-dealkylation sites (N-methyl/N-ethyl adjacent to an activating group) is 1. The number of carbonyl (C=O) groups excluding carboxylic acids is 2. The molecule has 0 saturated heterocycles. The van der Waals surface area contributed by atoms with Gasteiger partial charge in [0, 0.05) is 12.8 Å². The van der Waals surface area contributed by atoms with Crippen LogP contribution in [0.3, 0.4) is 0 Å². The predicted molar refractivity (Wildman–Crippen MR) is 245 cm³/mol. The fourth-order valence-corrected chi connectivity index (χ4v) is 5.99. The second-order valence-electron chi connectivity index (χ2n) is 15.4. The molecule has 0 radical (unpaired) electrons. The summed E-state index contributed by atoms with van der Waals surface area (Å²) >= 11 is 0. The van der Waals surface area contributed by atoms with E-state index < -0.39 is 32.5 Å². The van der Waals surface area contributed by atoms with Gasteiger partial charge in [0.2, 0.25) is 0 Å². The molecule has 0 aliphatic heterocycles. The van der Waals surface area contributed by atoms with Crippen molar-refractivity contribution in [2.24, 2.45) is 0 Å². The van der Waals surface area contributed by atoms with Gasteiger partial charge in [0.15, 0.2) is 6.10 Å². The number of allylic oxidation sites excluding steroid dienone is 18. The van der Waals surface area contributed by atoms with Crippen molar-refractivity contribution in [2.45, 2.75) is 142 Å². The van der Waals surface area contributed by atoms with Crippen LogP contribution in [0.1, 0.15) is 136 Å². The molecule has 2 unspecified atom stereocenters. The number of carbonyl (C=O) groups is 2. The summed E-state index contributed by atoms with van der Waals surface area (Å²) in [6.45, 7) is 3.84. The molecule has 0 saturated carbocycles. The normalized spacial score (nSPS) is 14.6. The van der Waals surface area contributed by atoms with Gasteiger partial charge in [-0.3, -0.25) is 14.2 Å². The highest BCUT2D eigenvalue weighted by atomic mass is 31.2. The Hall–Kier alpha value is -3.33. The molecule has 0 heterocycles. The van der Waals surface area contributed by atoms with Gasteiger partial charge in [-0.05, 0) is 64.2 Å². The van der Waals surface area contributed by atoms with Crippen molar-refractivity contribution in [1.82, 2.24) is 0 Å². The lowest BCUT2D eigenvalue weighted by Crippen LogP contribution is -2.37. The SMILES string of the molecule is CC/C=C/C=C/C=C/C=C/C=C/CCCC(=O)OC(COC(=O)CCCCCCCCCCC/C=C/C/C=C/C/C=C/C/C=C/CC)COP(=O)([O-])OCC[N+](C)(C)C. The Balaban J connectivity index is 4.39. The Kier molecular flexibility index (Phi) is 37.8. The smallest absolute Gasteiger partial charge is 0.306 e. The molecule has 0 aliphatic rings. The largest absolute Gasteiger partial charge is 0.756 e. The lowest BCUT2D eigenvalue weighted by Gasteiger charge is -2.28. The van der Waals surface area contributed by atoms with E-state index in [-0.39, 0.29) is 26.1 Å². The standard InChI is InChI=1S/C49H80NO8P/c1-6-8-10-12-14-16-18-20-21-22-23-24-25-26-27-28-30-31-33-35-37-39-41-48(51)55-45-47(46-57-59(53,54)56-44-43-50(3,4)5)58-49(52)42-40-38-36-34-32-29-19-17-15-13-11-9-7-2/h8-11,13-17,19-21,23-24,29,32,34,36,47H,6-7,12,18,22,25-28,30-31,33,35,37-46H2,1-5H3/b10-8+,11-9+,15-13+,16-14+,19-17+,21-20+,24-23+,32-29+,36-34+. The van der Waals surface area contributed by atoms with E-state index in [1.807, 2.05) is 75.8 Å².